The highest BCUT2D eigenvalue weighted by atomic mass is 32.1. The van der Waals surface area contributed by atoms with E-state index in [-0.39, 0.29) is 24.4 Å². The summed E-state index contributed by atoms with van der Waals surface area (Å²) in [6.07, 6.45) is 0.843. The molecule has 1 aromatic carbocycles. The van der Waals surface area contributed by atoms with Gasteiger partial charge in [-0.3, -0.25) is 9.59 Å². The number of carbonyl (C=O) groups excluding carboxylic acids is 2. The summed E-state index contributed by atoms with van der Waals surface area (Å²) in [7, 11) is 0. The number of benzene rings is 1. The van der Waals surface area contributed by atoms with Gasteiger partial charge in [-0.15, -0.1) is 11.3 Å². The van der Waals surface area contributed by atoms with Crippen LogP contribution in [0.25, 0.3) is 0 Å². The maximum atomic E-state index is 13.2. The third kappa shape index (κ3) is 4.99. The lowest BCUT2D eigenvalue weighted by molar-refractivity contribution is -0.145. The topological polar surface area (TPSA) is 49.9 Å². The second-order valence-electron chi connectivity index (χ2n) is 8.55. The summed E-state index contributed by atoms with van der Waals surface area (Å²) in [4.78, 5) is 30.2. The highest BCUT2D eigenvalue weighted by Crippen LogP contribution is 2.34. The molecule has 0 fully saturated rings. The van der Waals surface area contributed by atoms with Gasteiger partial charge in [-0.05, 0) is 63.3 Å². The highest BCUT2D eigenvalue weighted by molar-refractivity contribution is 7.10. The third-order valence-corrected chi connectivity index (χ3v) is 6.32. The first-order valence-electron chi connectivity index (χ1n) is 10.00. The van der Waals surface area contributed by atoms with Gasteiger partial charge in [0.15, 0.2) is 0 Å². The molecular weight excluding hydrogens is 384 g/mol. The van der Waals surface area contributed by atoms with Crippen LogP contribution in [0.3, 0.4) is 0 Å². The number of ether oxygens (including phenoxy) is 1. The second kappa shape index (κ2) is 8.57. The third-order valence-electron chi connectivity index (χ3n) is 5.33. The van der Waals surface area contributed by atoms with Crippen LogP contribution in [-0.2, 0) is 16.0 Å². The van der Waals surface area contributed by atoms with Crippen LogP contribution < -0.4 is 4.74 Å². The Kier molecular flexibility index (Phi) is 6.32. The van der Waals surface area contributed by atoms with Gasteiger partial charge < -0.3 is 14.5 Å². The van der Waals surface area contributed by atoms with Crippen LogP contribution in [0.1, 0.15) is 49.7 Å². The molecule has 0 spiro atoms. The van der Waals surface area contributed by atoms with E-state index in [4.69, 9.17) is 4.74 Å². The molecule has 1 aliphatic heterocycles. The lowest BCUT2D eigenvalue weighted by Crippen LogP contribution is -2.52. The van der Waals surface area contributed by atoms with Crippen LogP contribution in [-0.4, -0.2) is 46.8 Å². The van der Waals surface area contributed by atoms with Crippen LogP contribution in [0.5, 0.6) is 5.75 Å². The van der Waals surface area contributed by atoms with Gasteiger partial charge in [0.05, 0.1) is 6.04 Å². The number of aryl methyl sites for hydroxylation is 1. The number of hydrogen-bond donors (Lipinski definition) is 0. The number of fused-ring (bicyclic) bond motifs is 1. The maximum Gasteiger partial charge on any atom is 0.242 e. The summed E-state index contributed by atoms with van der Waals surface area (Å²) in [6.45, 7) is 10.5. The van der Waals surface area contributed by atoms with E-state index in [2.05, 4.69) is 11.4 Å². The summed E-state index contributed by atoms with van der Waals surface area (Å²) >= 11 is 1.73. The second-order valence-corrected chi connectivity index (χ2v) is 9.55. The summed E-state index contributed by atoms with van der Waals surface area (Å²) in [5.74, 6) is 0.668. The normalized spacial score (nSPS) is 16.3. The molecule has 1 aromatic heterocycles. The van der Waals surface area contributed by atoms with Crippen molar-refractivity contribution in [1.82, 2.24) is 9.80 Å². The number of nitrogens with zero attached hydrogens (tertiary/aromatic N) is 2. The zero-order chi connectivity index (χ0) is 21.2. The molecule has 0 saturated heterocycles. The Morgan fingerprint density at radius 1 is 1.21 bits per heavy atom. The molecule has 29 heavy (non-hydrogen) atoms. The molecule has 0 bridgehead atoms. The largest absolute Gasteiger partial charge is 0.491 e. The molecule has 0 saturated carbocycles. The minimum Gasteiger partial charge on any atom is -0.491 e. The monoisotopic (exact) mass is 414 g/mol. The molecule has 1 aliphatic rings. The van der Waals surface area contributed by atoms with Crippen molar-refractivity contribution in [3.8, 4) is 5.75 Å². The van der Waals surface area contributed by atoms with Crippen molar-refractivity contribution < 1.29 is 14.3 Å². The Hall–Kier alpha value is -2.34. The fourth-order valence-corrected chi connectivity index (χ4v) is 4.66. The molecule has 2 aromatic rings. The highest BCUT2D eigenvalue weighted by Gasteiger charge is 2.35. The Labute approximate surface area is 177 Å². The fourth-order valence-electron chi connectivity index (χ4n) is 3.73. The molecular formula is C23H30N2O3S. The quantitative estimate of drug-likeness (QED) is 0.736. The predicted molar refractivity (Wildman–Crippen MR) is 116 cm³/mol. The van der Waals surface area contributed by atoms with Crippen LogP contribution in [0.2, 0.25) is 0 Å². The van der Waals surface area contributed by atoms with E-state index in [0.29, 0.717) is 13.2 Å². The number of carbonyl (C=O) groups is 2. The smallest absolute Gasteiger partial charge is 0.242 e. The summed E-state index contributed by atoms with van der Waals surface area (Å²) in [5.41, 5.74) is 1.93. The van der Waals surface area contributed by atoms with Crippen molar-refractivity contribution >= 4 is 23.2 Å². The van der Waals surface area contributed by atoms with E-state index < -0.39 is 5.54 Å². The minimum absolute atomic E-state index is 0.0375. The SMILES string of the molecule is CC(=O)N(CC(=O)N1CCc2sccc2[C@@H]1COc1ccc(C)cc1)C(C)(C)C. The molecule has 0 radical (unpaired) electrons. The van der Waals surface area contributed by atoms with Crippen LogP contribution >= 0.6 is 11.3 Å². The lowest BCUT2D eigenvalue weighted by Gasteiger charge is -2.39. The van der Waals surface area contributed by atoms with Gasteiger partial charge in [0, 0.05) is 23.9 Å². The van der Waals surface area contributed by atoms with Crippen LogP contribution in [0.15, 0.2) is 35.7 Å². The summed E-state index contributed by atoms with van der Waals surface area (Å²) < 4.78 is 6.06. The van der Waals surface area contributed by atoms with E-state index >= 15 is 0 Å². The van der Waals surface area contributed by atoms with Gasteiger partial charge in [0.2, 0.25) is 11.8 Å². The number of hydrogen-bond acceptors (Lipinski definition) is 4. The van der Waals surface area contributed by atoms with Gasteiger partial charge in [-0.2, -0.15) is 0 Å². The van der Waals surface area contributed by atoms with Crippen molar-refractivity contribution in [2.24, 2.45) is 0 Å². The van der Waals surface area contributed by atoms with E-state index in [1.807, 2.05) is 56.9 Å². The molecule has 5 nitrogen and oxygen atoms in total. The Bertz CT molecular complexity index is 867. The van der Waals surface area contributed by atoms with E-state index in [1.165, 1.54) is 17.4 Å². The molecule has 0 aliphatic carbocycles. The van der Waals surface area contributed by atoms with Crippen LogP contribution in [0, 0.1) is 6.92 Å². The average Bonchev–Trinajstić information content (AvgIpc) is 3.13. The number of amides is 2. The molecule has 0 unspecified atom stereocenters. The summed E-state index contributed by atoms with van der Waals surface area (Å²) in [6, 6.07) is 9.89. The predicted octanol–water partition coefficient (Wildman–Crippen LogP) is 4.21. The van der Waals surface area contributed by atoms with Gasteiger partial charge >= 0.3 is 0 Å². The zero-order valence-electron chi connectivity index (χ0n) is 17.9. The Balaban J connectivity index is 1.79. The van der Waals surface area contributed by atoms with Gasteiger partial charge in [-0.25, -0.2) is 0 Å². The first kappa shape index (κ1) is 21.4. The van der Waals surface area contributed by atoms with Crippen molar-refractivity contribution in [2.75, 3.05) is 19.7 Å². The first-order valence-corrected chi connectivity index (χ1v) is 10.9. The first-order chi connectivity index (χ1) is 13.7. The van der Waals surface area contributed by atoms with Crippen molar-refractivity contribution in [2.45, 2.75) is 52.6 Å². The summed E-state index contributed by atoms with van der Waals surface area (Å²) in [5, 5.41) is 2.08. The van der Waals surface area contributed by atoms with E-state index in [1.54, 1.807) is 16.2 Å². The van der Waals surface area contributed by atoms with E-state index in [0.717, 1.165) is 17.7 Å². The Morgan fingerprint density at radius 3 is 2.52 bits per heavy atom. The van der Waals surface area contributed by atoms with Gasteiger partial charge in [-0.1, -0.05) is 17.7 Å². The standard InChI is InChI=1S/C23H30N2O3S/c1-16-6-8-18(9-7-16)28-15-20-19-11-13-29-21(19)10-12-24(20)22(27)14-25(17(2)26)23(3,4)5/h6-9,11,13,20H,10,12,14-15H2,1-5H3/t20-/m0/s1. The zero-order valence-corrected chi connectivity index (χ0v) is 18.7. The number of rotatable bonds is 5. The van der Waals surface area contributed by atoms with Crippen LogP contribution in [0.4, 0.5) is 0 Å². The molecule has 1 atom stereocenters. The Morgan fingerprint density at radius 2 is 1.90 bits per heavy atom. The molecule has 156 valence electrons. The molecule has 2 amide bonds. The molecule has 3 rings (SSSR count). The van der Waals surface area contributed by atoms with E-state index in [9.17, 15) is 9.59 Å². The average molecular weight is 415 g/mol. The van der Waals surface area contributed by atoms with Crippen molar-refractivity contribution in [3.63, 3.8) is 0 Å². The van der Waals surface area contributed by atoms with Crippen molar-refractivity contribution in [3.05, 3.63) is 51.7 Å². The fraction of sp³-hybridized carbons (Fsp3) is 0.478. The van der Waals surface area contributed by atoms with Gasteiger partial charge in [0.25, 0.3) is 0 Å². The maximum absolute atomic E-state index is 13.2. The molecule has 0 N–H and O–H groups in total. The molecule has 6 heteroatoms. The van der Waals surface area contributed by atoms with Crippen molar-refractivity contribution in [1.29, 1.82) is 0 Å². The van der Waals surface area contributed by atoms with Gasteiger partial charge in [0.1, 0.15) is 18.9 Å². The molecule has 2 heterocycles. The minimum atomic E-state index is -0.404. The number of thiophene rings is 1. The lowest BCUT2D eigenvalue weighted by atomic mass is 10.00.